The first-order valence-electron chi connectivity index (χ1n) is 9.30. The van der Waals surface area contributed by atoms with Crippen LogP contribution < -0.4 is 10.6 Å². The topological polar surface area (TPSA) is 73.4 Å². The number of para-hydroxylation sites is 1. The normalized spacial score (nSPS) is 15.1. The van der Waals surface area contributed by atoms with Gasteiger partial charge < -0.3 is 15.5 Å². The second kappa shape index (κ2) is 8.97. The molecule has 0 saturated carbocycles. The SMILES string of the molecule is N#Cc1ccccc1N1CCN(C(=O)C[C@H](N)Cc2cc(F)c(F)cc2F)CC1. The molecule has 1 atom stereocenters. The van der Waals surface area contributed by atoms with Crippen LogP contribution in [0.1, 0.15) is 17.5 Å². The maximum atomic E-state index is 13.8. The van der Waals surface area contributed by atoms with Crippen molar-refractivity contribution in [3.63, 3.8) is 0 Å². The molecule has 0 aromatic heterocycles. The van der Waals surface area contributed by atoms with Crippen molar-refractivity contribution in [2.24, 2.45) is 5.73 Å². The van der Waals surface area contributed by atoms with E-state index in [2.05, 4.69) is 11.0 Å². The molecule has 152 valence electrons. The maximum absolute atomic E-state index is 13.8. The molecular formula is C21H21F3N4O. The molecule has 3 rings (SSSR count). The molecule has 2 aromatic carbocycles. The van der Waals surface area contributed by atoms with E-state index in [9.17, 15) is 23.2 Å². The van der Waals surface area contributed by atoms with Gasteiger partial charge in [0, 0.05) is 44.7 Å². The number of nitriles is 1. The Bertz CT molecular complexity index is 936. The predicted molar refractivity (Wildman–Crippen MR) is 103 cm³/mol. The van der Waals surface area contributed by atoms with E-state index < -0.39 is 23.5 Å². The van der Waals surface area contributed by atoms with E-state index in [0.29, 0.717) is 37.8 Å². The van der Waals surface area contributed by atoms with E-state index >= 15 is 0 Å². The third kappa shape index (κ3) is 4.87. The highest BCUT2D eigenvalue weighted by molar-refractivity contribution is 5.77. The minimum atomic E-state index is -1.26. The van der Waals surface area contributed by atoms with Crippen LogP contribution in [0, 0.1) is 28.8 Å². The summed E-state index contributed by atoms with van der Waals surface area (Å²) in [5.41, 5.74) is 7.32. The summed E-state index contributed by atoms with van der Waals surface area (Å²) >= 11 is 0. The molecule has 2 N–H and O–H groups in total. The summed E-state index contributed by atoms with van der Waals surface area (Å²) in [5, 5.41) is 9.24. The molecule has 1 saturated heterocycles. The molecule has 1 amide bonds. The fourth-order valence-electron chi connectivity index (χ4n) is 3.47. The fraction of sp³-hybridized carbons (Fsp3) is 0.333. The van der Waals surface area contributed by atoms with Crippen LogP contribution in [0.2, 0.25) is 0 Å². The van der Waals surface area contributed by atoms with Gasteiger partial charge in [-0.1, -0.05) is 12.1 Å². The summed E-state index contributed by atoms with van der Waals surface area (Å²) < 4.78 is 40.1. The number of halogens is 3. The number of amides is 1. The van der Waals surface area contributed by atoms with Gasteiger partial charge >= 0.3 is 0 Å². The second-order valence-corrected chi connectivity index (χ2v) is 7.02. The van der Waals surface area contributed by atoms with Gasteiger partial charge in [0.05, 0.1) is 11.3 Å². The number of rotatable bonds is 5. The molecule has 1 aliphatic heterocycles. The Kier molecular flexibility index (Phi) is 6.39. The van der Waals surface area contributed by atoms with Crippen LogP contribution in [0.3, 0.4) is 0 Å². The van der Waals surface area contributed by atoms with Crippen molar-refractivity contribution in [1.29, 1.82) is 5.26 Å². The number of hydrogen-bond acceptors (Lipinski definition) is 4. The summed E-state index contributed by atoms with van der Waals surface area (Å²) in [6.07, 6.45) is -0.0858. The lowest BCUT2D eigenvalue weighted by molar-refractivity contribution is -0.131. The van der Waals surface area contributed by atoms with E-state index in [4.69, 9.17) is 5.73 Å². The predicted octanol–water partition coefficient (Wildman–Crippen LogP) is 2.58. The first-order chi connectivity index (χ1) is 13.9. The molecule has 5 nitrogen and oxygen atoms in total. The number of anilines is 1. The molecule has 8 heteroatoms. The van der Waals surface area contributed by atoms with Crippen molar-refractivity contribution in [2.45, 2.75) is 18.9 Å². The van der Waals surface area contributed by atoms with Crippen molar-refractivity contribution in [2.75, 3.05) is 31.1 Å². The first-order valence-corrected chi connectivity index (χ1v) is 9.30. The number of nitrogens with zero attached hydrogens (tertiary/aromatic N) is 3. The lowest BCUT2D eigenvalue weighted by Gasteiger charge is -2.36. The molecule has 0 aliphatic carbocycles. The summed E-state index contributed by atoms with van der Waals surface area (Å²) in [4.78, 5) is 16.2. The number of nitrogens with two attached hydrogens (primary N) is 1. The van der Waals surface area contributed by atoms with Gasteiger partial charge in [0.15, 0.2) is 11.6 Å². The van der Waals surface area contributed by atoms with Gasteiger partial charge in [0.1, 0.15) is 11.9 Å². The Balaban J connectivity index is 1.54. The molecule has 0 bridgehead atoms. The van der Waals surface area contributed by atoms with Crippen molar-refractivity contribution in [3.05, 3.63) is 65.0 Å². The molecule has 0 unspecified atom stereocenters. The monoisotopic (exact) mass is 402 g/mol. The van der Waals surface area contributed by atoms with Crippen molar-refractivity contribution in [3.8, 4) is 6.07 Å². The van der Waals surface area contributed by atoms with Crippen LogP contribution >= 0.6 is 0 Å². The van der Waals surface area contributed by atoms with Crippen molar-refractivity contribution in [1.82, 2.24) is 4.90 Å². The largest absolute Gasteiger partial charge is 0.367 e. The first kappa shape index (κ1) is 20.7. The fourth-order valence-corrected chi connectivity index (χ4v) is 3.47. The molecule has 1 aliphatic rings. The maximum Gasteiger partial charge on any atom is 0.224 e. The van der Waals surface area contributed by atoms with E-state index in [-0.39, 0.29) is 24.3 Å². The van der Waals surface area contributed by atoms with Crippen LogP contribution in [0.4, 0.5) is 18.9 Å². The van der Waals surface area contributed by atoms with E-state index in [1.807, 2.05) is 12.1 Å². The van der Waals surface area contributed by atoms with Crippen molar-refractivity contribution >= 4 is 11.6 Å². The van der Waals surface area contributed by atoms with Gasteiger partial charge in [-0.05, 0) is 30.2 Å². The van der Waals surface area contributed by atoms with E-state index in [0.717, 1.165) is 11.8 Å². The third-order valence-electron chi connectivity index (χ3n) is 5.01. The average molecular weight is 402 g/mol. The van der Waals surface area contributed by atoms with Crippen LogP contribution in [-0.2, 0) is 11.2 Å². The van der Waals surface area contributed by atoms with Crippen LogP contribution in [0.25, 0.3) is 0 Å². The van der Waals surface area contributed by atoms with Gasteiger partial charge in [-0.25, -0.2) is 13.2 Å². The number of carbonyl (C=O) groups is 1. The number of carbonyl (C=O) groups excluding carboxylic acids is 1. The minimum Gasteiger partial charge on any atom is -0.367 e. The Morgan fingerprint density at radius 2 is 1.72 bits per heavy atom. The molecule has 0 spiro atoms. The standard InChI is InChI=1S/C21H21F3N4O/c22-17-12-19(24)18(23)10-15(17)9-16(26)11-21(29)28-7-5-27(6-8-28)20-4-2-1-3-14(20)13-25/h1-4,10,12,16H,5-9,11,26H2/t16-/m1/s1. The highest BCUT2D eigenvalue weighted by Crippen LogP contribution is 2.21. The molecule has 0 radical (unpaired) electrons. The lowest BCUT2D eigenvalue weighted by atomic mass is 10.0. The van der Waals surface area contributed by atoms with Gasteiger partial charge in [0.2, 0.25) is 5.91 Å². The van der Waals surface area contributed by atoms with Crippen LogP contribution in [0.15, 0.2) is 36.4 Å². The van der Waals surface area contributed by atoms with E-state index in [1.54, 1.807) is 17.0 Å². The Morgan fingerprint density at radius 1 is 1.07 bits per heavy atom. The number of benzene rings is 2. The van der Waals surface area contributed by atoms with Gasteiger partial charge in [-0.15, -0.1) is 0 Å². The molecular weight excluding hydrogens is 381 g/mol. The molecule has 1 heterocycles. The minimum absolute atomic E-state index is 0.0206. The molecule has 29 heavy (non-hydrogen) atoms. The smallest absolute Gasteiger partial charge is 0.224 e. The Hall–Kier alpha value is -3.05. The highest BCUT2D eigenvalue weighted by atomic mass is 19.2. The molecule has 1 fully saturated rings. The number of hydrogen-bond donors (Lipinski definition) is 1. The summed E-state index contributed by atoms with van der Waals surface area (Å²) in [5.74, 6) is -3.45. The van der Waals surface area contributed by atoms with Crippen LogP contribution in [-0.4, -0.2) is 43.0 Å². The summed E-state index contributed by atoms with van der Waals surface area (Å²) in [6, 6.07) is 10.0. The third-order valence-corrected chi connectivity index (χ3v) is 5.01. The zero-order chi connectivity index (χ0) is 21.0. The zero-order valence-electron chi connectivity index (χ0n) is 15.7. The average Bonchev–Trinajstić information content (AvgIpc) is 2.72. The quantitative estimate of drug-likeness (QED) is 0.781. The second-order valence-electron chi connectivity index (χ2n) is 7.02. The van der Waals surface area contributed by atoms with Gasteiger partial charge in [0.25, 0.3) is 0 Å². The van der Waals surface area contributed by atoms with Gasteiger partial charge in [-0.2, -0.15) is 5.26 Å². The van der Waals surface area contributed by atoms with Gasteiger partial charge in [-0.3, -0.25) is 4.79 Å². The Morgan fingerprint density at radius 3 is 2.41 bits per heavy atom. The lowest BCUT2D eigenvalue weighted by Crippen LogP contribution is -2.50. The highest BCUT2D eigenvalue weighted by Gasteiger charge is 2.24. The van der Waals surface area contributed by atoms with E-state index in [1.165, 1.54) is 0 Å². The number of piperazine rings is 1. The summed E-state index contributed by atoms with van der Waals surface area (Å²) in [6.45, 7) is 2.12. The van der Waals surface area contributed by atoms with Crippen molar-refractivity contribution < 1.29 is 18.0 Å². The zero-order valence-corrected chi connectivity index (χ0v) is 15.7. The van der Waals surface area contributed by atoms with Crippen LogP contribution in [0.5, 0.6) is 0 Å². The summed E-state index contributed by atoms with van der Waals surface area (Å²) in [7, 11) is 0. The Labute approximate surface area is 167 Å². The molecule has 2 aromatic rings.